The van der Waals surface area contributed by atoms with Crippen LogP contribution < -0.4 is 15.1 Å². The van der Waals surface area contributed by atoms with Crippen LogP contribution in [0.3, 0.4) is 0 Å². The molecule has 1 aromatic carbocycles. The van der Waals surface area contributed by atoms with Crippen LogP contribution in [0.2, 0.25) is 0 Å². The maximum absolute atomic E-state index is 13.4. The minimum atomic E-state index is -4.43. The SMILES string of the molecule is CC1(C)C(=O)N(c2ccc(SC(F)(F)F)cc2)C(=O)N1Cc1ccnc(Nc2ccc(N3CCOCC3)nc2)c1. The van der Waals surface area contributed by atoms with Gasteiger partial charge in [0.2, 0.25) is 0 Å². The summed E-state index contributed by atoms with van der Waals surface area (Å²) in [6.45, 7) is 6.33. The largest absolute Gasteiger partial charge is 0.446 e. The van der Waals surface area contributed by atoms with E-state index in [2.05, 4.69) is 20.2 Å². The molecular formula is C27H27F3N6O3S. The van der Waals surface area contributed by atoms with Crippen molar-refractivity contribution in [2.24, 2.45) is 0 Å². The Morgan fingerprint density at radius 2 is 1.75 bits per heavy atom. The summed E-state index contributed by atoms with van der Waals surface area (Å²) in [7, 11) is 0. The number of rotatable bonds is 7. The second-order valence-corrected chi connectivity index (χ2v) is 10.9. The van der Waals surface area contributed by atoms with E-state index < -0.39 is 23.0 Å². The van der Waals surface area contributed by atoms with Crippen LogP contribution in [0.5, 0.6) is 0 Å². The van der Waals surface area contributed by atoms with Gasteiger partial charge in [-0.15, -0.1) is 0 Å². The van der Waals surface area contributed by atoms with E-state index in [9.17, 15) is 22.8 Å². The van der Waals surface area contributed by atoms with Crippen molar-refractivity contribution in [3.05, 3.63) is 66.5 Å². The van der Waals surface area contributed by atoms with Gasteiger partial charge >= 0.3 is 11.5 Å². The first-order chi connectivity index (χ1) is 19.0. The van der Waals surface area contributed by atoms with Gasteiger partial charge in [0.15, 0.2) is 0 Å². The zero-order valence-corrected chi connectivity index (χ0v) is 22.6. The number of imide groups is 1. The van der Waals surface area contributed by atoms with Gasteiger partial charge in [-0.3, -0.25) is 4.79 Å². The minimum absolute atomic E-state index is 0.0331. The van der Waals surface area contributed by atoms with Crippen LogP contribution in [-0.2, 0) is 16.1 Å². The lowest BCUT2D eigenvalue weighted by Gasteiger charge is -2.28. The number of hydrogen-bond donors (Lipinski definition) is 1. The lowest BCUT2D eigenvalue weighted by Crippen LogP contribution is -2.43. The Kier molecular flexibility index (Phi) is 7.60. The van der Waals surface area contributed by atoms with Crippen molar-refractivity contribution in [2.75, 3.05) is 41.4 Å². The monoisotopic (exact) mass is 572 g/mol. The van der Waals surface area contributed by atoms with Gasteiger partial charge in [0.1, 0.15) is 17.2 Å². The molecule has 0 radical (unpaired) electrons. The number of aromatic nitrogens is 2. The predicted octanol–water partition coefficient (Wildman–Crippen LogP) is 5.42. The molecule has 0 unspecified atom stereocenters. The van der Waals surface area contributed by atoms with Gasteiger partial charge in [-0.2, -0.15) is 13.2 Å². The van der Waals surface area contributed by atoms with Crippen molar-refractivity contribution in [3.63, 3.8) is 0 Å². The predicted molar refractivity (Wildman–Crippen MR) is 146 cm³/mol. The fourth-order valence-electron chi connectivity index (χ4n) is 4.54. The van der Waals surface area contributed by atoms with Crippen molar-refractivity contribution in [1.29, 1.82) is 0 Å². The van der Waals surface area contributed by atoms with Gasteiger partial charge in [-0.05, 0) is 79.7 Å². The average Bonchev–Trinajstić information content (AvgIpc) is 3.08. The van der Waals surface area contributed by atoms with Gasteiger partial charge < -0.3 is 19.9 Å². The maximum Gasteiger partial charge on any atom is 0.446 e. The van der Waals surface area contributed by atoms with E-state index in [0.29, 0.717) is 19.0 Å². The number of halogens is 3. The molecule has 4 heterocycles. The number of anilines is 4. The summed E-state index contributed by atoms with van der Waals surface area (Å²) in [5.41, 5.74) is -3.91. The first-order valence-corrected chi connectivity index (χ1v) is 13.4. The number of urea groups is 1. The Morgan fingerprint density at radius 1 is 1.02 bits per heavy atom. The van der Waals surface area contributed by atoms with E-state index in [1.807, 2.05) is 12.1 Å². The van der Waals surface area contributed by atoms with E-state index in [-0.39, 0.29) is 28.9 Å². The van der Waals surface area contributed by atoms with Gasteiger partial charge in [-0.1, -0.05) is 0 Å². The van der Waals surface area contributed by atoms with Crippen LogP contribution in [0.1, 0.15) is 19.4 Å². The molecule has 0 spiro atoms. The molecule has 3 aromatic rings. The lowest BCUT2D eigenvalue weighted by atomic mass is 10.0. The molecule has 0 saturated carbocycles. The summed E-state index contributed by atoms with van der Waals surface area (Å²) in [6.07, 6.45) is 3.33. The molecule has 2 aliphatic rings. The third kappa shape index (κ3) is 5.99. The summed E-state index contributed by atoms with van der Waals surface area (Å²) in [5, 5.41) is 3.22. The molecule has 1 N–H and O–H groups in total. The van der Waals surface area contributed by atoms with Crippen molar-refractivity contribution in [2.45, 2.75) is 36.3 Å². The Balaban J connectivity index is 1.28. The average molecular weight is 573 g/mol. The molecule has 0 bridgehead atoms. The molecule has 2 aliphatic heterocycles. The first kappa shape index (κ1) is 27.7. The number of morpholine rings is 1. The normalized spacial score (nSPS) is 17.5. The van der Waals surface area contributed by atoms with E-state index in [4.69, 9.17) is 4.74 Å². The zero-order chi connectivity index (χ0) is 28.5. The standard InChI is InChI=1S/C27H27F3N6O3S/c1-26(2)24(37)36(20-4-6-21(7-5-20)40-27(28,29)30)25(38)35(26)17-18-9-10-31-22(15-18)33-19-3-8-23(32-16-19)34-11-13-39-14-12-34/h3-10,15-16H,11-14,17H2,1-2H3,(H,31,33). The summed E-state index contributed by atoms with van der Waals surface area (Å²) >= 11 is -0.257. The quantitative estimate of drug-likeness (QED) is 0.297. The maximum atomic E-state index is 13.4. The van der Waals surface area contributed by atoms with Crippen LogP contribution >= 0.6 is 11.8 Å². The second kappa shape index (κ2) is 11.0. The topological polar surface area (TPSA) is 90.9 Å². The van der Waals surface area contributed by atoms with Crippen LogP contribution in [0.4, 0.5) is 41.0 Å². The summed E-state index contributed by atoms with van der Waals surface area (Å²) in [4.78, 5) is 40.1. The molecule has 2 aromatic heterocycles. The summed E-state index contributed by atoms with van der Waals surface area (Å²) in [5.74, 6) is 0.949. The number of benzene rings is 1. The highest BCUT2D eigenvalue weighted by Gasteiger charge is 2.51. The molecule has 40 heavy (non-hydrogen) atoms. The fourth-order valence-corrected chi connectivity index (χ4v) is 5.08. The van der Waals surface area contributed by atoms with Crippen LogP contribution in [-0.4, -0.2) is 64.2 Å². The smallest absolute Gasteiger partial charge is 0.378 e. The second-order valence-electron chi connectivity index (χ2n) is 9.79. The first-order valence-electron chi connectivity index (χ1n) is 12.5. The number of carbonyl (C=O) groups excluding carboxylic acids is 2. The third-order valence-electron chi connectivity index (χ3n) is 6.67. The Labute approximate surface area is 233 Å². The van der Waals surface area contributed by atoms with Crippen molar-refractivity contribution >= 4 is 46.7 Å². The van der Waals surface area contributed by atoms with Crippen LogP contribution in [0.25, 0.3) is 0 Å². The van der Waals surface area contributed by atoms with Gasteiger partial charge in [0, 0.05) is 30.7 Å². The van der Waals surface area contributed by atoms with E-state index in [0.717, 1.165) is 35.1 Å². The molecule has 13 heteroatoms. The number of nitrogens with zero attached hydrogens (tertiary/aromatic N) is 5. The van der Waals surface area contributed by atoms with Crippen LogP contribution in [0, 0.1) is 0 Å². The van der Waals surface area contributed by atoms with Gasteiger partial charge in [0.05, 0.1) is 30.8 Å². The van der Waals surface area contributed by atoms with Crippen molar-refractivity contribution in [1.82, 2.24) is 14.9 Å². The molecular weight excluding hydrogens is 545 g/mol. The molecule has 2 saturated heterocycles. The summed E-state index contributed by atoms with van der Waals surface area (Å²) in [6, 6.07) is 12.0. The van der Waals surface area contributed by atoms with E-state index >= 15 is 0 Å². The molecule has 3 amide bonds. The van der Waals surface area contributed by atoms with Crippen molar-refractivity contribution in [3.8, 4) is 0 Å². The van der Waals surface area contributed by atoms with Crippen LogP contribution in [0.15, 0.2) is 65.8 Å². The highest BCUT2D eigenvalue weighted by atomic mass is 32.2. The minimum Gasteiger partial charge on any atom is -0.378 e. The molecule has 210 valence electrons. The molecule has 2 fully saturated rings. The summed E-state index contributed by atoms with van der Waals surface area (Å²) < 4.78 is 43.4. The number of alkyl halides is 3. The molecule has 0 atom stereocenters. The van der Waals surface area contributed by atoms with E-state index in [1.54, 1.807) is 38.4 Å². The molecule has 9 nitrogen and oxygen atoms in total. The molecule has 5 rings (SSSR count). The van der Waals surface area contributed by atoms with Gasteiger partial charge in [-0.25, -0.2) is 19.7 Å². The lowest BCUT2D eigenvalue weighted by molar-refractivity contribution is -0.123. The fraction of sp³-hybridized carbons (Fsp3) is 0.333. The number of hydrogen-bond acceptors (Lipinski definition) is 8. The van der Waals surface area contributed by atoms with E-state index in [1.165, 1.54) is 29.2 Å². The Hall–Kier alpha value is -3.84. The third-order valence-corrected chi connectivity index (χ3v) is 7.41. The number of amides is 3. The number of carbonyl (C=O) groups is 2. The highest BCUT2D eigenvalue weighted by Crippen LogP contribution is 2.39. The number of nitrogens with one attached hydrogen (secondary N) is 1. The Morgan fingerprint density at radius 3 is 2.40 bits per heavy atom. The number of thioether (sulfide) groups is 1. The van der Waals surface area contributed by atoms with Gasteiger partial charge in [0.25, 0.3) is 5.91 Å². The zero-order valence-electron chi connectivity index (χ0n) is 21.8. The molecule has 0 aliphatic carbocycles. The number of ether oxygens (including phenoxy) is 1. The Bertz CT molecular complexity index is 1380. The highest BCUT2D eigenvalue weighted by molar-refractivity contribution is 8.00. The van der Waals surface area contributed by atoms with Crippen molar-refractivity contribution < 1.29 is 27.5 Å². The number of pyridine rings is 2.